The van der Waals surface area contributed by atoms with E-state index in [1.165, 1.54) is 30.7 Å². The normalized spacial score (nSPS) is 15.7. The second-order valence-corrected chi connectivity index (χ2v) is 5.40. The van der Waals surface area contributed by atoms with Crippen molar-refractivity contribution >= 4 is 18.0 Å². The fourth-order valence-electron chi connectivity index (χ4n) is 2.48. The standard InChI is InChI=1S/C17H20FNO3/c18-14-6-4-5-13(11-14)9-10-17(21)22-12-16(20)19-15-7-2-1-3-8-15/h4-6,9-11,15H,1-3,7-8,12H2,(H,19,20). The van der Waals surface area contributed by atoms with E-state index in [1.54, 1.807) is 12.1 Å². The zero-order chi connectivity index (χ0) is 15.8. The lowest BCUT2D eigenvalue weighted by Gasteiger charge is -2.22. The highest BCUT2D eigenvalue weighted by Gasteiger charge is 2.16. The SMILES string of the molecule is O=C(COC(=O)C=Cc1cccc(F)c1)NC1CCCCC1. The van der Waals surface area contributed by atoms with Crippen LogP contribution in [0, 0.1) is 5.82 Å². The molecule has 4 nitrogen and oxygen atoms in total. The Morgan fingerprint density at radius 2 is 2.05 bits per heavy atom. The second-order valence-electron chi connectivity index (χ2n) is 5.40. The third-order valence-electron chi connectivity index (χ3n) is 3.58. The number of carbonyl (C=O) groups is 2. The van der Waals surface area contributed by atoms with Gasteiger partial charge in [0.15, 0.2) is 6.61 Å². The van der Waals surface area contributed by atoms with Crippen molar-refractivity contribution in [1.29, 1.82) is 0 Å². The van der Waals surface area contributed by atoms with Crippen LogP contribution in [0.15, 0.2) is 30.3 Å². The molecule has 0 heterocycles. The lowest BCUT2D eigenvalue weighted by atomic mass is 9.95. The van der Waals surface area contributed by atoms with E-state index in [9.17, 15) is 14.0 Å². The molecule has 1 fully saturated rings. The van der Waals surface area contributed by atoms with Crippen LogP contribution < -0.4 is 5.32 Å². The summed E-state index contributed by atoms with van der Waals surface area (Å²) in [6, 6.07) is 6.05. The topological polar surface area (TPSA) is 55.4 Å². The molecule has 1 aromatic rings. The lowest BCUT2D eigenvalue weighted by Crippen LogP contribution is -2.38. The molecular formula is C17H20FNO3. The molecule has 0 spiro atoms. The molecule has 1 N–H and O–H groups in total. The number of esters is 1. The van der Waals surface area contributed by atoms with Gasteiger partial charge in [-0.25, -0.2) is 9.18 Å². The third-order valence-corrected chi connectivity index (χ3v) is 3.58. The molecule has 0 bridgehead atoms. The van der Waals surface area contributed by atoms with E-state index in [4.69, 9.17) is 4.74 Å². The fourth-order valence-corrected chi connectivity index (χ4v) is 2.48. The Kier molecular flexibility index (Phi) is 6.13. The molecule has 0 unspecified atom stereocenters. The summed E-state index contributed by atoms with van der Waals surface area (Å²) in [4.78, 5) is 23.2. The van der Waals surface area contributed by atoms with E-state index in [2.05, 4.69) is 5.32 Å². The van der Waals surface area contributed by atoms with Gasteiger partial charge in [-0.2, -0.15) is 0 Å². The lowest BCUT2D eigenvalue weighted by molar-refractivity contribution is -0.144. The van der Waals surface area contributed by atoms with Crippen molar-refractivity contribution in [2.45, 2.75) is 38.1 Å². The first-order valence-corrected chi connectivity index (χ1v) is 7.53. The number of amides is 1. The van der Waals surface area contributed by atoms with Gasteiger partial charge in [-0.05, 0) is 36.6 Å². The van der Waals surface area contributed by atoms with Crippen molar-refractivity contribution in [3.05, 3.63) is 41.7 Å². The van der Waals surface area contributed by atoms with Crippen LogP contribution in [0.2, 0.25) is 0 Å². The number of hydrogen-bond donors (Lipinski definition) is 1. The van der Waals surface area contributed by atoms with Crippen molar-refractivity contribution in [3.8, 4) is 0 Å². The van der Waals surface area contributed by atoms with Crippen molar-refractivity contribution in [2.24, 2.45) is 0 Å². The average Bonchev–Trinajstić information content (AvgIpc) is 2.52. The van der Waals surface area contributed by atoms with E-state index in [0.717, 1.165) is 25.7 Å². The van der Waals surface area contributed by atoms with Gasteiger partial charge in [0, 0.05) is 12.1 Å². The first-order chi connectivity index (χ1) is 10.6. The third kappa shape index (κ3) is 5.68. The van der Waals surface area contributed by atoms with Crippen molar-refractivity contribution in [1.82, 2.24) is 5.32 Å². The summed E-state index contributed by atoms with van der Waals surface area (Å²) >= 11 is 0. The van der Waals surface area contributed by atoms with Gasteiger partial charge in [-0.3, -0.25) is 4.79 Å². The van der Waals surface area contributed by atoms with Gasteiger partial charge in [0.05, 0.1) is 0 Å². The van der Waals surface area contributed by atoms with Crippen LogP contribution in [0.5, 0.6) is 0 Å². The number of carbonyl (C=O) groups excluding carboxylic acids is 2. The van der Waals surface area contributed by atoms with Crippen LogP contribution in [-0.4, -0.2) is 24.5 Å². The Labute approximate surface area is 129 Å². The second kappa shape index (κ2) is 8.32. The van der Waals surface area contributed by atoms with Crippen LogP contribution in [0.3, 0.4) is 0 Å². The summed E-state index contributed by atoms with van der Waals surface area (Å²) < 4.78 is 17.8. The van der Waals surface area contributed by atoms with Crippen LogP contribution >= 0.6 is 0 Å². The Morgan fingerprint density at radius 1 is 1.27 bits per heavy atom. The van der Waals surface area contributed by atoms with Crippen LogP contribution in [0.4, 0.5) is 4.39 Å². The van der Waals surface area contributed by atoms with E-state index < -0.39 is 5.97 Å². The highest BCUT2D eigenvalue weighted by molar-refractivity contribution is 5.89. The largest absolute Gasteiger partial charge is 0.452 e. The molecule has 0 saturated heterocycles. The van der Waals surface area contributed by atoms with Crippen LogP contribution in [0.1, 0.15) is 37.7 Å². The highest BCUT2D eigenvalue weighted by atomic mass is 19.1. The highest BCUT2D eigenvalue weighted by Crippen LogP contribution is 2.17. The van der Waals surface area contributed by atoms with Crippen molar-refractivity contribution in [2.75, 3.05) is 6.61 Å². The molecule has 1 aliphatic carbocycles. The Morgan fingerprint density at radius 3 is 2.77 bits per heavy atom. The maximum atomic E-state index is 13.0. The maximum absolute atomic E-state index is 13.0. The molecule has 1 aromatic carbocycles. The molecule has 2 rings (SSSR count). The predicted molar refractivity (Wildman–Crippen MR) is 81.4 cm³/mol. The Bertz CT molecular complexity index is 551. The Hall–Kier alpha value is -2.17. The van der Waals surface area contributed by atoms with E-state index >= 15 is 0 Å². The summed E-state index contributed by atoms with van der Waals surface area (Å²) in [5.74, 6) is -1.27. The van der Waals surface area contributed by atoms with E-state index in [-0.39, 0.29) is 24.4 Å². The minimum absolute atomic E-state index is 0.197. The molecule has 0 aliphatic heterocycles. The van der Waals surface area contributed by atoms with Gasteiger partial charge in [0.25, 0.3) is 5.91 Å². The molecule has 0 atom stereocenters. The van der Waals surface area contributed by atoms with Crippen LogP contribution in [0.25, 0.3) is 6.08 Å². The number of hydrogen-bond acceptors (Lipinski definition) is 3. The number of rotatable bonds is 5. The van der Waals surface area contributed by atoms with Gasteiger partial charge < -0.3 is 10.1 Å². The van der Waals surface area contributed by atoms with Gasteiger partial charge in [-0.1, -0.05) is 31.4 Å². The quantitative estimate of drug-likeness (QED) is 0.672. The minimum atomic E-state index is -0.622. The molecule has 1 saturated carbocycles. The molecular weight excluding hydrogens is 285 g/mol. The van der Waals surface area contributed by atoms with Crippen molar-refractivity contribution < 1.29 is 18.7 Å². The zero-order valence-electron chi connectivity index (χ0n) is 12.4. The van der Waals surface area contributed by atoms with E-state index in [1.807, 2.05) is 0 Å². The summed E-state index contributed by atoms with van der Waals surface area (Å²) in [5, 5.41) is 2.87. The number of ether oxygens (including phenoxy) is 1. The summed E-state index contributed by atoms with van der Waals surface area (Å²) in [5.41, 5.74) is 0.559. The molecule has 118 valence electrons. The van der Waals surface area contributed by atoms with Crippen LogP contribution in [-0.2, 0) is 14.3 Å². The molecule has 22 heavy (non-hydrogen) atoms. The van der Waals surface area contributed by atoms with Gasteiger partial charge in [0.2, 0.25) is 0 Å². The molecule has 1 amide bonds. The summed E-state index contributed by atoms with van der Waals surface area (Å²) in [7, 11) is 0. The monoisotopic (exact) mass is 305 g/mol. The van der Waals surface area contributed by atoms with Gasteiger partial charge in [0.1, 0.15) is 5.82 Å². The average molecular weight is 305 g/mol. The molecule has 0 radical (unpaired) electrons. The molecule has 1 aliphatic rings. The number of benzene rings is 1. The first-order valence-electron chi connectivity index (χ1n) is 7.53. The zero-order valence-corrected chi connectivity index (χ0v) is 12.4. The molecule has 0 aromatic heterocycles. The number of halogens is 1. The maximum Gasteiger partial charge on any atom is 0.331 e. The van der Waals surface area contributed by atoms with Gasteiger partial charge >= 0.3 is 5.97 Å². The predicted octanol–water partition coefficient (Wildman–Crippen LogP) is 2.83. The Balaban J connectivity index is 1.71. The number of nitrogens with one attached hydrogen (secondary N) is 1. The first kappa shape index (κ1) is 16.2. The summed E-state index contributed by atoms with van der Waals surface area (Å²) in [6.07, 6.45) is 8.07. The minimum Gasteiger partial charge on any atom is -0.452 e. The smallest absolute Gasteiger partial charge is 0.331 e. The van der Waals surface area contributed by atoms with Crippen molar-refractivity contribution in [3.63, 3.8) is 0 Å². The fraction of sp³-hybridized carbons (Fsp3) is 0.412. The van der Waals surface area contributed by atoms with Gasteiger partial charge in [-0.15, -0.1) is 0 Å². The summed E-state index contributed by atoms with van der Waals surface area (Å²) in [6.45, 7) is -0.289. The molecule has 5 heteroatoms. The van der Waals surface area contributed by atoms with E-state index in [0.29, 0.717) is 5.56 Å².